The van der Waals surface area contributed by atoms with Crippen LogP contribution in [0.25, 0.3) is 11.0 Å². The van der Waals surface area contributed by atoms with Gasteiger partial charge < -0.3 is 4.98 Å². The zero-order chi connectivity index (χ0) is 7.84. The van der Waals surface area contributed by atoms with Gasteiger partial charge in [0.05, 0.1) is 5.52 Å². The smallest absolute Gasteiger partial charge is 0.169 e. The van der Waals surface area contributed by atoms with E-state index in [1.807, 2.05) is 6.07 Å². The van der Waals surface area contributed by atoms with Crippen LogP contribution in [0.4, 0.5) is 0 Å². The molecule has 0 aromatic carbocycles. The molecule has 2 heterocycles. The molecule has 0 fully saturated rings. The number of aromatic nitrogens is 3. The lowest BCUT2D eigenvalue weighted by Crippen LogP contribution is -1.75. The summed E-state index contributed by atoms with van der Waals surface area (Å²) in [5, 5.41) is 0.470. The minimum absolute atomic E-state index is 0.470. The van der Waals surface area contributed by atoms with Gasteiger partial charge in [0.2, 0.25) is 0 Å². The fraction of sp³-hybridized carbons (Fsp3) is 0. The van der Waals surface area contributed by atoms with Crippen LogP contribution >= 0.6 is 34.2 Å². The second kappa shape index (κ2) is 2.60. The molecular formula is C6H3ClIN3. The number of halogens is 2. The molecule has 0 atom stereocenters. The second-order valence-corrected chi connectivity index (χ2v) is 3.40. The van der Waals surface area contributed by atoms with Crippen molar-refractivity contribution >= 4 is 45.2 Å². The second-order valence-electron chi connectivity index (χ2n) is 2.02. The first kappa shape index (κ1) is 7.30. The van der Waals surface area contributed by atoms with Gasteiger partial charge in [0.25, 0.3) is 0 Å². The van der Waals surface area contributed by atoms with Crippen LogP contribution in [0.2, 0.25) is 5.15 Å². The lowest BCUT2D eigenvalue weighted by atomic mass is 10.4. The number of fused-ring (bicyclic) bond motifs is 1. The SMILES string of the molecule is Clc1nccc2nc(I)[nH]c12. The Bertz CT molecular complexity index is 398. The van der Waals surface area contributed by atoms with Crippen LogP contribution < -0.4 is 0 Å². The maximum atomic E-state index is 5.78. The van der Waals surface area contributed by atoms with Gasteiger partial charge in [-0.1, -0.05) is 11.6 Å². The van der Waals surface area contributed by atoms with Crippen molar-refractivity contribution in [3.8, 4) is 0 Å². The van der Waals surface area contributed by atoms with Crippen LogP contribution in [-0.2, 0) is 0 Å². The molecule has 56 valence electrons. The zero-order valence-electron chi connectivity index (χ0n) is 5.31. The Morgan fingerprint density at radius 2 is 2.36 bits per heavy atom. The fourth-order valence-corrected chi connectivity index (χ4v) is 1.60. The predicted octanol–water partition coefficient (Wildman–Crippen LogP) is 2.22. The molecule has 0 radical (unpaired) electrons. The molecule has 2 aromatic heterocycles. The first-order valence-corrected chi connectivity index (χ1v) is 4.39. The standard InChI is InChI=1S/C6H3ClIN3/c7-5-4-3(1-2-9-5)10-6(8)11-4/h1-2H,(H,10,11). The van der Waals surface area contributed by atoms with Crippen LogP contribution in [0, 0.1) is 3.83 Å². The number of aromatic amines is 1. The summed E-state index contributed by atoms with van der Waals surface area (Å²) in [6.45, 7) is 0. The van der Waals surface area contributed by atoms with Crippen molar-refractivity contribution < 1.29 is 0 Å². The van der Waals surface area contributed by atoms with E-state index in [-0.39, 0.29) is 0 Å². The molecule has 0 bridgehead atoms. The summed E-state index contributed by atoms with van der Waals surface area (Å²) in [5.74, 6) is 0. The first-order chi connectivity index (χ1) is 5.27. The maximum Gasteiger partial charge on any atom is 0.169 e. The highest BCUT2D eigenvalue weighted by Crippen LogP contribution is 2.18. The van der Waals surface area contributed by atoms with Crippen molar-refractivity contribution in [2.75, 3.05) is 0 Å². The van der Waals surface area contributed by atoms with E-state index in [2.05, 4.69) is 37.5 Å². The number of nitrogens with zero attached hydrogens (tertiary/aromatic N) is 2. The van der Waals surface area contributed by atoms with Gasteiger partial charge in [0.15, 0.2) is 8.98 Å². The largest absolute Gasteiger partial charge is 0.331 e. The highest BCUT2D eigenvalue weighted by Gasteiger charge is 2.03. The number of rotatable bonds is 0. The molecular weight excluding hydrogens is 276 g/mol. The van der Waals surface area contributed by atoms with E-state index < -0.39 is 0 Å². The number of hydrogen-bond donors (Lipinski definition) is 1. The lowest BCUT2D eigenvalue weighted by Gasteiger charge is -1.87. The van der Waals surface area contributed by atoms with Crippen LogP contribution in [0.3, 0.4) is 0 Å². The molecule has 2 aromatic rings. The highest BCUT2D eigenvalue weighted by atomic mass is 127. The Kier molecular flexibility index (Phi) is 1.72. The molecule has 3 nitrogen and oxygen atoms in total. The average Bonchev–Trinajstić information content (AvgIpc) is 2.31. The number of hydrogen-bond acceptors (Lipinski definition) is 2. The van der Waals surface area contributed by atoms with Gasteiger partial charge in [-0.05, 0) is 28.7 Å². The minimum atomic E-state index is 0.470. The van der Waals surface area contributed by atoms with Crippen molar-refractivity contribution in [3.05, 3.63) is 21.2 Å². The van der Waals surface area contributed by atoms with Crippen LogP contribution in [-0.4, -0.2) is 15.0 Å². The summed E-state index contributed by atoms with van der Waals surface area (Å²) in [6, 6.07) is 1.82. The Labute approximate surface area is 81.3 Å². The van der Waals surface area contributed by atoms with Crippen molar-refractivity contribution in [1.82, 2.24) is 15.0 Å². The summed E-state index contributed by atoms with van der Waals surface area (Å²) in [7, 11) is 0. The van der Waals surface area contributed by atoms with Gasteiger partial charge in [-0.2, -0.15) is 0 Å². The third-order valence-electron chi connectivity index (χ3n) is 1.33. The molecule has 0 amide bonds. The molecule has 0 aliphatic heterocycles. The Hall–Kier alpha value is -0.360. The van der Waals surface area contributed by atoms with Gasteiger partial charge in [0.1, 0.15) is 5.52 Å². The highest BCUT2D eigenvalue weighted by molar-refractivity contribution is 14.1. The van der Waals surface area contributed by atoms with Crippen LogP contribution in [0.5, 0.6) is 0 Å². The first-order valence-electron chi connectivity index (χ1n) is 2.93. The molecule has 0 aliphatic rings. The summed E-state index contributed by atoms with van der Waals surface area (Å²) < 4.78 is 0.826. The quantitative estimate of drug-likeness (QED) is 0.593. The molecule has 1 N–H and O–H groups in total. The van der Waals surface area contributed by atoms with Gasteiger partial charge >= 0.3 is 0 Å². The Balaban J connectivity index is 2.90. The molecule has 0 saturated heterocycles. The average molecular weight is 279 g/mol. The topological polar surface area (TPSA) is 41.6 Å². The molecule has 0 aliphatic carbocycles. The molecule has 5 heteroatoms. The minimum Gasteiger partial charge on any atom is -0.331 e. The van der Waals surface area contributed by atoms with E-state index in [0.717, 1.165) is 14.9 Å². The number of H-pyrrole nitrogens is 1. The Morgan fingerprint density at radius 1 is 1.55 bits per heavy atom. The molecule has 11 heavy (non-hydrogen) atoms. The number of pyridine rings is 1. The van der Waals surface area contributed by atoms with E-state index in [9.17, 15) is 0 Å². The van der Waals surface area contributed by atoms with E-state index in [0.29, 0.717) is 5.15 Å². The summed E-state index contributed by atoms with van der Waals surface area (Å²) in [4.78, 5) is 11.1. The summed E-state index contributed by atoms with van der Waals surface area (Å²) in [6.07, 6.45) is 1.64. The monoisotopic (exact) mass is 279 g/mol. The molecule has 0 unspecified atom stereocenters. The van der Waals surface area contributed by atoms with Gasteiger partial charge in [-0.3, -0.25) is 0 Å². The lowest BCUT2D eigenvalue weighted by molar-refractivity contribution is 1.26. The van der Waals surface area contributed by atoms with Crippen molar-refractivity contribution in [1.29, 1.82) is 0 Å². The number of nitrogens with one attached hydrogen (secondary N) is 1. The summed E-state index contributed by atoms with van der Waals surface area (Å²) in [5.41, 5.74) is 1.66. The van der Waals surface area contributed by atoms with Crippen molar-refractivity contribution in [2.45, 2.75) is 0 Å². The van der Waals surface area contributed by atoms with Crippen molar-refractivity contribution in [2.24, 2.45) is 0 Å². The van der Waals surface area contributed by atoms with E-state index >= 15 is 0 Å². The Morgan fingerprint density at radius 3 is 3.09 bits per heavy atom. The third kappa shape index (κ3) is 1.20. The van der Waals surface area contributed by atoms with Gasteiger partial charge in [0, 0.05) is 6.20 Å². The number of imidazole rings is 1. The molecule has 2 rings (SSSR count). The fourth-order valence-electron chi connectivity index (χ4n) is 0.873. The van der Waals surface area contributed by atoms with E-state index in [4.69, 9.17) is 11.6 Å². The zero-order valence-corrected chi connectivity index (χ0v) is 8.22. The van der Waals surface area contributed by atoms with Crippen LogP contribution in [0.15, 0.2) is 12.3 Å². The molecule has 0 saturated carbocycles. The van der Waals surface area contributed by atoms with E-state index in [1.165, 1.54) is 0 Å². The molecule has 0 spiro atoms. The summed E-state index contributed by atoms with van der Waals surface area (Å²) >= 11 is 7.88. The van der Waals surface area contributed by atoms with Gasteiger partial charge in [-0.15, -0.1) is 0 Å². The predicted molar refractivity (Wildman–Crippen MR) is 51.6 cm³/mol. The normalized spacial score (nSPS) is 10.7. The van der Waals surface area contributed by atoms with Crippen molar-refractivity contribution in [3.63, 3.8) is 0 Å². The maximum absolute atomic E-state index is 5.78. The van der Waals surface area contributed by atoms with Gasteiger partial charge in [-0.25, -0.2) is 9.97 Å². The third-order valence-corrected chi connectivity index (χ3v) is 2.13. The van der Waals surface area contributed by atoms with E-state index in [1.54, 1.807) is 6.20 Å². The van der Waals surface area contributed by atoms with Crippen LogP contribution in [0.1, 0.15) is 0 Å².